The third kappa shape index (κ3) is 5.82. The Morgan fingerprint density at radius 1 is 1.11 bits per heavy atom. The Morgan fingerprint density at radius 2 is 1.78 bits per heavy atom. The van der Waals surface area contributed by atoms with Gasteiger partial charge in [-0.3, -0.25) is 4.68 Å². The quantitative estimate of drug-likeness (QED) is 0.397. The first kappa shape index (κ1) is 28.3. The van der Waals surface area contributed by atoms with Crippen molar-refractivity contribution in [3.8, 4) is 34.4 Å². The van der Waals surface area contributed by atoms with Gasteiger partial charge in [0.25, 0.3) is 0 Å². The van der Waals surface area contributed by atoms with Crippen molar-refractivity contribution in [3.63, 3.8) is 0 Å². The van der Waals surface area contributed by atoms with Crippen LogP contribution >= 0.6 is 11.6 Å². The molecule has 0 spiro atoms. The maximum Gasteiger partial charge on any atom is 1.00 e. The van der Waals surface area contributed by atoms with E-state index in [1.165, 1.54) is 18.2 Å². The number of H-pyrrole nitrogens is 1. The number of hydrogen-bond donors (Lipinski definition) is 1. The monoisotopic (exact) mass is 531 g/mol. The fourth-order valence-electron chi connectivity index (χ4n) is 3.67. The van der Waals surface area contributed by atoms with E-state index in [0.29, 0.717) is 33.3 Å². The number of rotatable bonds is 5. The van der Waals surface area contributed by atoms with Crippen LogP contribution in [-0.2, 0) is 12.5 Å². The van der Waals surface area contributed by atoms with E-state index >= 15 is 0 Å². The molecular formula is C24H26ClF3N5NaO2. The number of nitrogens with one attached hydrogen (secondary N) is 1. The topological polar surface area (TPSA) is 77.9 Å². The molecule has 1 aromatic carbocycles. The molecule has 3 heterocycles. The summed E-state index contributed by atoms with van der Waals surface area (Å²) in [4.78, 5) is 12.4. The van der Waals surface area contributed by atoms with Crippen LogP contribution in [0.1, 0.15) is 41.7 Å². The van der Waals surface area contributed by atoms with Crippen LogP contribution in [0.5, 0.6) is 11.6 Å². The second-order valence-electron chi connectivity index (χ2n) is 9.39. The molecular weight excluding hydrogens is 506 g/mol. The average Bonchev–Trinajstić information content (AvgIpc) is 3.26. The number of aromatic amines is 1. The van der Waals surface area contributed by atoms with Gasteiger partial charge in [0.15, 0.2) is 11.3 Å². The number of aromatic nitrogens is 5. The number of para-hydroxylation sites is 1. The van der Waals surface area contributed by atoms with E-state index in [2.05, 4.69) is 24.8 Å². The Morgan fingerprint density at radius 3 is 2.36 bits per heavy atom. The van der Waals surface area contributed by atoms with Crippen LogP contribution in [0.3, 0.4) is 0 Å². The summed E-state index contributed by atoms with van der Waals surface area (Å²) in [6.07, 6.45) is -5.10. The van der Waals surface area contributed by atoms with Crippen LogP contribution in [0.25, 0.3) is 33.8 Å². The standard InChI is InChI=1S/C24H25ClF3N5O2.Na.H/c1-12(2)34-22-18-15(11-14(30-22)13-9-7-8-10-16(13)35-24(26,27)28)29-21(31-18)19-17(25)20(23(3,4)5)32-33(19)6;;/h7-12H,1-6H3,(H,29,31);;/q;+1;-1. The van der Waals surface area contributed by atoms with Crippen molar-refractivity contribution >= 4 is 22.6 Å². The Bertz CT molecular complexity index is 1400. The minimum atomic E-state index is -4.85. The molecule has 0 unspecified atom stereocenters. The van der Waals surface area contributed by atoms with Crippen molar-refractivity contribution < 1.29 is 53.6 Å². The minimum absolute atomic E-state index is 0. The summed E-state index contributed by atoms with van der Waals surface area (Å²) in [5.41, 5.74) is 2.32. The number of hydrogen-bond acceptors (Lipinski definition) is 5. The van der Waals surface area contributed by atoms with Crippen molar-refractivity contribution in [3.05, 3.63) is 41.0 Å². The first-order valence-electron chi connectivity index (χ1n) is 10.9. The van der Waals surface area contributed by atoms with E-state index in [4.69, 9.17) is 16.3 Å². The predicted octanol–water partition coefficient (Wildman–Crippen LogP) is 3.78. The number of nitrogens with zero attached hydrogens (tertiary/aromatic N) is 4. The Hall–Kier alpha value is -2.27. The molecule has 0 saturated heterocycles. The molecule has 0 radical (unpaired) electrons. The van der Waals surface area contributed by atoms with Gasteiger partial charge < -0.3 is 15.9 Å². The minimum Gasteiger partial charge on any atom is -1.00 e. The van der Waals surface area contributed by atoms with E-state index in [-0.39, 0.29) is 65.4 Å². The normalized spacial score (nSPS) is 12.2. The molecule has 0 amide bonds. The molecule has 4 aromatic rings. The molecule has 0 bridgehead atoms. The zero-order chi connectivity index (χ0) is 25.7. The van der Waals surface area contributed by atoms with Crippen LogP contribution < -0.4 is 39.0 Å². The van der Waals surface area contributed by atoms with Gasteiger partial charge in [-0.25, -0.2) is 9.97 Å². The molecule has 0 aliphatic heterocycles. The second-order valence-corrected chi connectivity index (χ2v) is 9.77. The summed E-state index contributed by atoms with van der Waals surface area (Å²) in [6.45, 7) is 9.67. The molecule has 36 heavy (non-hydrogen) atoms. The number of imidazole rings is 1. The fourth-order valence-corrected chi connectivity index (χ4v) is 4.20. The molecule has 0 atom stereocenters. The van der Waals surface area contributed by atoms with Gasteiger partial charge in [0, 0.05) is 18.0 Å². The first-order chi connectivity index (χ1) is 16.2. The number of benzene rings is 1. The Labute approximate surface area is 235 Å². The third-order valence-corrected chi connectivity index (χ3v) is 5.46. The smallest absolute Gasteiger partial charge is 1.00 e. The van der Waals surface area contributed by atoms with Gasteiger partial charge >= 0.3 is 35.9 Å². The molecule has 0 fully saturated rings. The van der Waals surface area contributed by atoms with Crippen LogP contribution in [-0.4, -0.2) is 37.2 Å². The summed E-state index contributed by atoms with van der Waals surface area (Å²) in [6, 6.07) is 7.40. The SMILES string of the molecule is CC(C)Oc1nc(-c2ccccc2OC(F)(F)F)cc2[nH]c(-c3c(Cl)c(C(C)(C)C)nn3C)nc12.[H-].[Na+]. The fraction of sp³-hybridized carbons (Fsp3) is 0.375. The molecule has 12 heteroatoms. The molecule has 188 valence electrons. The van der Waals surface area contributed by atoms with Crippen molar-refractivity contribution in [2.45, 2.75) is 52.5 Å². The van der Waals surface area contributed by atoms with E-state index in [0.717, 1.165) is 0 Å². The number of fused-ring (bicyclic) bond motifs is 1. The maximum atomic E-state index is 13.0. The number of pyridine rings is 1. The van der Waals surface area contributed by atoms with E-state index in [9.17, 15) is 13.2 Å². The maximum absolute atomic E-state index is 13.0. The van der Waals surface area contributed by atoms with Gasteiger partial charge in [-0.15, -0.1) is 13.2 Å². The number of alkyl halides is 3. The van der Waals surface area contributed by atoms with E-state index in [1.807, 2.05) is 34.6 Å². The van der Waals surface area contributed by atoms with Gasteiger partial charge in [0.2, 0.25) is 5.88 Å². The Kier molecular flexibility index (Phi) is 8.05. The van der Waals surface area contributed by atoms with Crippen LogP contribution in [0, 0.1) is 0 Å². The van der Waals surface area contributed by atoms with Crippen molar-refractivity contribution in [1.29, 1.82) is 0 Å². The summed E-state index contributed by atoms with van der Waals surface area (Å²) < 4.78 is 50.7. The van der Waals surface area contributed by atoms with Gasteiger partial charge in [-0.2, -0.15) is 5.10 Å². The molecule has 4 rings (SSSR count). The van der Waals surface area contributed by atoms with E-state index in [1.54, 1.807) is 23.9 Å². The molecule has 0 saturated carbocycles. The van der Waals surface area contributed by atoms with Gasteiger partial charge in [-0.1, -0.05) is 44.5 Å². The van der Waals surface area contributed by atoms with Crippen LogP contribution in [0.4, 0.5) is 13.2 Å². The molecule has 7 nitrogen and oxygen atoms in total. The number of aryl methyl sites for hydroxylation is 1. The largest absolute Gasteiger partial charge is 1.00 e. The molecule has 0 aliphatic carbocycles. The number of ether oxygens (including phenoxy) is 2. The van der Waals surface area contributed by atoms with Crippen LogP contribution in [0.15, 0.2) is 30.3 Å². The molecule has 3 aromatic heterocycles. The third-order valence-electron chi connectivity index (χ3n) is 5.10. The summed E-state index contributed by atoms with van der Waals surface area (Å²) in [5.74, 6) is 0.237. The zero-order valence-corrected chi connectivity index (χ0v) is 23.8. The number of halogens is 4. The van der Waals surface area contributed by atoms with Crippen LogP contribution in [0.2, 0.25) is 5.02 Å². The second kappa shape index (κ2) is 10.2. The first-order valence-corrected chi connectivity index (χ1v) is 11.3. The van der Waals surface area contributed by atoms with Crippen molar-refractivity contribution in [1.82, 2.24) is 24.7 Å². The van der Waals surface area contributed by atoms with Gasteiger partial charge in [-0.05, 0) is 32.0 Å². The predicted molar refractivity (Wildman–Crippen MR) is 129 cm³/mol. The van der Waals surface area contributed by atoms with Crippen molar-refractivity contribution in [2.75, 3.05) is 0 Å². The summed E-state index contributed by atoms with van der Waals surface area (Å²) >= 11 is 6.70. The molecule has 0 aliphatic rings. The molecule has 1 N–H and O–H groups in total. The average molecular weight is 532 g/mol. The summed E-state index contributed by atoms with van der Waals surface area (Å²) in [5, 5.41) is 5.03. The van der Waals surface area contributed by atoms with Crippen molar-refractivity contribution in [2.24, 2.45) is 7.05 Å². The van der Waals surface area contributed by atoms with Gasteiger partial charge in [0.05, 0.1) is 28.0 Å². The summed E-state index contributed by atoms with van der Waals surface area (Å²) in [7, 11) is 1.77. The van der Waals surface area contributed by atoms with Gasteiger partial charge in [0.1, 0.15) is 11.4 Å². The Balaban J connectivity index is 0.00000241. The van der Waals surface area contributed by atoms with E-state index < -0.39 is 6.36 Å². The zero-order valence-electron chi connectivity index (χ0n) is 22.1.